The molecule has 2 nitrogen and oxygen atoms in total. The Morgan fingerprint density at radius 3 is 2.81 bits per heavy atom. The van der Waals surface area contributed by atoms with Crippen LogP contribution in [0.5, 0.6) is 0 Å². The molecule has 0 amide bonds. The van der Waals surface area contributed by atoms with Gasteiger partial charge >= 0.3 is 0 Å². The van der Waals surface area contributed by atoms with Crippen LogP contribution in [0.15, 0.2) is 24.3 Å². The molecule has 0 atom stereocenters. The van der Waals surface area contributed by atoms with Crippen LogP contribution in [0.2, 0.25) is 5.02 Å². The Balaban J connectivity index is 2.61. The van der Waals surface area contributed by atoms with Gasteiger partial charge in [-0.05, 0) is 24.5 Å². The Morgan fingerprint density at radius 2 is 2.12 bits per heavy atom. The van der Waals surface area contributed by atoms with Crippen LogP contribution in [-0.2, 0) is 6.42 Å². The highest BCUT2D eigenvalue weighted by molar-refractivity contribution is 6.35. The predicted molar refractivity (Wildman–Crippen MR) is 69.7 cm³/mol. The van der Waals surface area contributed by atoms with Crippen LogP contribution >= 0.6 is 11.6 Å². The molecule has 0 saturated heterocycles. The maximum Gasteiger partial charge on any atom is 0.0912 e. The molecule has 0 bridgehead atoms. The van der Waals surface area contributed by atoms with Crippen molar-refractivity contribution in [3.05, 3.63) is 35.0 Å². The van der Waals surface area contributed by atoms with E-state index >= 15 is 0 Å². The van der Waals surface area contributed by atoms with E-state index in [0.717, 1.165) is 28.7 Å². The Labute approximate surface area is 100 Å². The maximum atomic E-state index is 6.12. The Hall–Kier alpha value is -1.28. The molecule has 0 aliphatic carbocycles. The normalized spacial score (nSPS) is 11.2. The largest absolute Gasteiger partial charge is 0.398 e. The monoisotopic (exact) mass is 234 g/mol. The summed E-state index contributed by atoms with van der Waals surface area (Å²) in [5.41, 5.74) is 8.57. The first-order chi connectivity index (χ1) is 7.58. The van der Waals surface area contributed by atoms with E-state index in [9.17, 15) is 0 Å². The number of pyridine rings is 1. The van der Waals surface area contributed by atoms with Crippen LogP contribution in [0.25, 0.3) is 10.9 Å². The number of nitrogen functional groups attached to an aromatic ring is 1. The number of hydrogen-bond acceptors (Lipinski definition) is 2. The van der Waals surface area contributed by atoms with Crippen molar-refractivity contribution in [3.8, 4) is 0 Å². The molecule has 0 radical (unpaired) electrons. The van der Waals surface area contributed by atoms with Gasteiger partial charge in [-0.2, -0.15) is 0 Å². The average molecular weight is 235 g/mol. The minimum absolute atomic E-state index is 0.562. The minimum Gasteiger partial charge on any atom is -0.398 e. The van der Waals surface area contributed by atoms with Crippen LogP contribution in [0.4, 0.5) is 5.69 Å². The van der Waals surface area contributed by atoms with Crippen molar-refractivity contribution in [2.24, 2.45) is 5.92 Å². The fraction of sp³-hybridized carbons (Fsp3) is 0.308. The minimum atomic E-state index is 0.562. The van der Waals surface area contributed by atoms with E-state index in [4.69, 9.17) is 17.3 Å². The Bertz CT molecular complexity index is 521. The summed E-state index contributed by atoms with van der Waals surface area (Å²) in [5.74, 6) is 0.562. The van der Waals surface area contributed by atoms with E-state index in [1.54, 1.807) is 0 Å². The summed E-state index contributed by atoms with van der Waals surface area (Å²) in [7, 11) is 0. The second-order valence-corrected chi connectivity index (χ2v) is 4.84. The fourth-order valence-electron chi connectivity index (χ4n) is 1.82. The molecule has 16 heavy (non-hydrogen) atoms. The van der Waals surface area contributed by atoms with E-state index in [1.807, 2.05) is 24.3 Å². The molecule has 0 fully saturated rings. The first-order valence-electron chi connectivity index (χ1n) is 5.41. The highest BCUT2D eigenvalue weighted by atomic mass is 35.5. The quantitative estimate of drug-likeness (QED) is 0.861. The third-order valence-electron chi connectivity index (χ3n) is 2.49. The van der Waals surface area contributed by atoms with E-state index in [0.29, 0.717) is 10.9 Å². The summed E-state index contributed by atoms with van der Waals surface area (Å²) >= 11 is 6.12. The van der Waals surface area contributed by atoms with Gasteiger partial charge in [-0.25, -0.2) is 0 Å². The van der Waals surface area contributed by atoms with Crippen LogP contribution in [0.1, 0.15) is 19.5 Å². The zero-order chi connectivity index (χ0) is 11.7. The van der Waals surface area contributed by atoms with E-state index < -0.39 is 0 Å². The van der Waals surface area contributed by atoms with Gasteiger partial charge in [0.1, 0.15) is 0 Å². The number of fused-ring (bicyclic) bond motifs is 1. The summed E-state index contributed by atoms with van der Waals surface area (Å²) in [6.07, 6.45) is 0.922. The number of para-hydroxylation sites is 1. The number of halogens is 1. The average Bonchev–Trinajstić information content (AvgIpc) is 2.19. The number of hydrogen-bond donors (Lipinski definition) is 1. The molecule has 0 aliphatic heterocycles. The Kier molecular flexibility index (Phi) is 3.01. The van der Waals surface area contributed by atoms with Crippen molar-refractivity contribution in [1.29, 1.82) is 0 Å². The molecule has 2 rings (SSSR count). The molecule has 0 unspecified atom stereocenters. The van der Waals surface area contributed by atoms with E-state index in [2.05, 4.69) is 18.8 Å². The van der Waals surface area contributed by atoms with Gasteiger partial charge in [0.15, 0.2) is 0 Å². The summed E-state index contributed by atoms with van der Waals surface area (Å²) in [4.78, 5) is 4.56. The van der Waals surface area contributed by atoms with Crippen LogP contribution in [0.3, 0.4) is 0 Å². The van der Waals surface area contributed by atoms with E-state index in [-0.39, 0.29) is 0 Å². The number of nitrogens with two attached hydrogens (primary N) is 1. The van der Waals surface area contributed by atoms with Gasteiger partial charge in [-0.3, -0.25) is 4.98 Å². The molecular weight excluding hydrogens is 220 g/mol. The molecule has 1 heterocycles. The van der Waals surface area contributed by atoms with Crippen LogP contribution < -0.4 is 5.73 Å². The highest BCUT2D eigenvalue weighted by Gasteiger charge is 2.07. The number of anilines is 1. The van der Waals surface area contributed by atoms with Crippen molar-refractivity contribution >= 4 is 28.2 Å². The summed E-state index contributed by atoms with van der Waals surface area (Å²) in [6, 6.07) is 7.63. The number of nitrogens with zero attached hydrogens (tertiary/aromatic N) is 1. The van der Waals surface area contributed by atoms with Crippen molar-refractivity contribution in [2.75, 3.05) is 5.73 Å². The van der Waals surface area contributed by atoms with Crippen molar-refractivity contribution in [3.63, 3.8) is 0 Å². The standard InChI is InChI=1S/C13H15ClN2/c1-8(2)6-9-7-12(15)10-4-3-5-11(14)13(10)16-9/h3-5,7-8H,6H2,1-2H3,(H2,15,16). The SMILES string of the molecule is CC(C)Cc1cc(N)c2cccc(Cl)c2n1. The topological polar surface area (TPSA) is 38.9 Å². The lowest BCUT2D eigenvalue weighted by Gasteiger charge is -2.09. The molecule has 1 aromatic carbocycles. The lowest BCUT2D eigenvalue weighted by molar-refractivity contribution is 0.637. The third-order valence-corrected chi connectivity index (χ3v) is 2.80. The molecule has 0 saturated carbocycles. The van der Waals surface area contributed by atoms with Gasteiger partial charge < -0.3 is 5.73 Å². The molecule has 3 heteroatoms. The van der Waals surface area contributed by atoms with Crippen molar-refractivity contribution in [2.45, 2.75) is 20.3 Å². The zero-order valence-corrected chi connectivity index (χ0v) is 10.3. The second kappa shape index (κ2) is 4.30. The summed E-state index contributed by atoms with van der Waals surface area (Å²) in [5, 5.41) is 1.59. The second-order valence-electron chi connectivity index (χ2n) is 4.44. The third kappa shape index (κ3) is 2.12. The molecule has 0 aliphatic rings. The molecule has 0 spiro atoms. The summed E-state index contributed by atoms with van der Waals surface area (Å²) < 4.78 is 0. The first-order valence-corrected chi connectivity index (χ1v) is 5.79. The molecular formula is C13H15ClN2. The zero-order valence-electron chi connectivity index (χ0n) is 9.50. The molecule has 2 N–H and O–H groups in total. The lowest BCUT2D eigenvalue weighted by atomic mass is 10.1. The maximum absolute atomic E-state index is 6.12. The van der Waals surface area contributed by atoms with Gasteiger partial charge in [0.25, 0.3) is 0 Å². The summed E-state index contributed by atoms with van der Waals surface area (Å²) in [6.45, 7) is 4.32. The molecule has 84 valence electrons. The van der Waals surface area contributed by atoms with Gasteiger partial charge in [-0.15, -0.1) is 0 Å². The molecule has 2 aromatic rings. The highest BCUT2D eigenvalue weighted by Crippen LogP contribution is 2.27. The van der Waals surface area contributed by atoms with Gasteiger partial charge in [-0.1, -0.05) is 37.6 Å². The predicted octanol–water partition coefficient (Wildman–Crippen LogP) is 3.67. The number of benzene rings is 1. The smallest absolute Gasteiger partial charge is 0.0912 e. The molecule has 1 aromatic heterocycles. The van der Waals surface area contributed by atoms with Gasteiger partial charge in [0.05, 0.1) is 10.5 Å². The fourth-order valence-corrected chi connectivity index (χ4v) is 2.03. The van der Waals surface area contributed by atoms with Crippen LogP contribution in [-0.4, -0.2) is 4.98 Å². The number of aromatic nitrogens is 1. The van der Waals surface area contributed by atoms with Crippen LogP contribution in [0, 0.1) is 5.92 Å². The van der Waals surface area contributed by atoms with E-state index in [1.165, 1.54) is 0 Å². The first kappa shape index (κ1) is 11.2. The van der Waals surface area contributed by atoms with Crippen molar-refractivity contribution < 1.29 is 0 Å². The van der Waals surface area contributed by atoms with Gasteiger partial charge in [0.2, 0.25) is 0 Å². The van der Waals surface area contributed by atoms with Gasteiger partial charge in [0, 0.05) is 16.8 Å². The lowest BCUT2D eigenvalue weighted by Crippen LogP contribution is -2.00. The number of rotatable bonds is 2. The Morgan fingerprint density at radius 1 is 1.38 bits per heavy atom. The van der Waals surface area contributed by atoms with Crippen molar-refractivity contribution in [1.82, 2.24) is 4.98 Å².